The Kier molecular flexibility index (Phi) is 6.55. The van der Waals surface area contributed by atoms with E-state index in [0.717, 1.165) is 34.0 Å². The summed E-state index contributed by atoms with van der Waals surface area (Å²) in [5, 5.41) is 14.6. The van der Waals surface area contributed by atoms with Crippen LogP contribution in [0.25, 0.3) is 5.69 Å². The molecule has 0 aliphatic heterocycles. The van der Waals surface area contributed by atoms with Gasteiger partial charge >= 0.3 is 5.97 Å². The van der Waals surface area contributed by atoms with E-state index in [1.54, 1.807) is 6.92 Å². The number of hydrogen-bond acceptors (Lipinski definition) is 7. The second-order valence-electron chi connectivity index (χ2n) is 7.05. The first-order valence-electron chi connectivity index (χ1n) is 9.64. The molecular weight excluding hydrogens is 398 g/mol. The molecule has 0 saturated carbocycles. The van der Waals surface area contributed by atoms with Gasteiger partial charge in [-0.1, -0.05) is 18.2 Å². The molecule has 156 valence electrons. The highest BCUT2D eigenvalue weighted by atomic mass is 32.1. The third-order valence-corrected chi connectivity index (χ3v) is 5.95. The molecule has 0 aliphatic carbocycles. The average Bonchev–Trinajstić information content (AvgIpc) is 3.19. The van der Waals surface area contributed by atoms with Crippen molar-refractivity contribution in [3.63, 3.8) is 0 Å². The minimum absolute atomic E-state index is 0.269. The smallest absolute Gasteiger partial charge is 0.348 e. The third kappa shape index (κ3) is 4.22. The van der Waals surface area contributed by atoms with Crippen molar-refractivity contribution in [2.24, 2.45) is 0 Å². The van der Waals surface area contributed by atoms with Gasteiger partial charge in [0.25, 0.3) is 0 Å². The number of rotatable bonds is 7. The Bertz CT molecular complexity index is 1100. The molecule has 2 N–H and O–H groups in total. The zero-order valence-electron chi connectivity index (χ0n) is 17.6. The lowest BCUT2D eigenvalue weighted by Gasteiger charge is -2.18. The highest BCUT2D eigenvalue weighted by Crippen LogP contribution is 2.32. The summed E-state index contributed by atoms with van der Waals surface area (Å²) in [4.78, 5) is 14.8. The minimum atomic E-state index is -0.441. The highest BCUT2D eigenvalue weighted by Gasteiger charge is 2.24. The molecule has 0 radical (unpaired) electrons. The van der Waals surface area contributed by atoms with E-state index in [-0.39, 0.29) is 6.61 Å². The van der Waals surface area contributed by atoms with Crippen molar-refractivity contribution in [2.45, 2.75) is 33.9 Å². The number of benzene rings is 1. The van der Waals surface area contributed by atoms with Crippen molar-refractivity contribution in [1.82, 2.24) is 14.7 Å². The van der Waals surface area contributed by atoms with Gasteiger partial charge in [0.1, 0.15) is 15.9 Å². The molecule has 7 nitrogen and oxygen atoms in total. The maximum absolute atomic E-state index is 12.3. The van der Waals surface area contributed by atoms with Crippen LogP contribution in [0.3, 0.4) is 0 Å². The first-order chi connectivity index (χ1) is 14.4. The van der Waals surface area contributed by atoms with Gasteiger partial charge in [-0.3, -0.25) is 4.90 Å². The monoisotopic (exact) mass is 423 g/mol. The van der Waals surface area contributed by atoms with E-state index in [1.807, 2.05) is 55.9 Å². The van der Waals surface area contributed by atoms with Crippen LogP contribution < -0.4 is 5.73 Å². The SMILES string of the molecule is CCOC(=O)c1sc(N)c(C#N)c1CN(C)Cc1c(C)nn(-c2ccccc2)c1C. The van der Waals surface area contributed by atoms with Crippen molar-refractivity contribution < 1.29 is 9.53 Å². The summed E-state index contributed by atoms with van der Waals surface area (Å²) in [6.45, 7) is 7.08. The minimum Gasteiger partial charge on any atom is -0.462 e. The number of ether oxygens (including phenoxy) is 1. The number of aryl methyl sites for hydroxylation is 1. The van der Waals surface area contributed by atoms with Gasteiger partial charge in [-0.25, -0.2) is 9.48 Å². The topological polar surface area (TPSA) is 97.2 Å². The number of para-hydroxylation sites is 1. The Morgan fingerprint density at radius 2 is 1.93 bits per heavy atom. The lowest BCUT2D eigenvalue weighted by atomic mass is 10.1. The van der Waals surface area contributed by atoms with E-state index in [9.17, 15) is 10.1 Å². The number of hydrogen-bond donors (Lipinski definition) is 1. The van der Waals surface area contributed by atoms with Crippen LogP contribution in [0.2, 0.25) is 0 Å². The fourth-order valence-corrected chi connectivity index (χ4v) is 4.36. The summed E-state index contributed by atoms with van der Waals surface area (Å²) in [6.07, 6.45) is 0. The van der Waals surface area contributed by atoms with Crippen LogP contribution in [0.15, 0.2) is 30.3 Å². The number of nitrogen functional groups attached to an aromatic ring is 1. The Morgan fingerprint density at radius 3 is 2.57 bits per heavy atom. The fourth-order valence-electron chi connectivity index (χ4n) is 3.44. The molecule has 8 heteroatoms. The maximum atomic E-state index is 12.3. The Labute approximate surface area is 180 Å². The van der Waals surface area contributed by atoms with E-state index < -0.39 is 5.97 Å². The number of carbonyl (C=O) groups excluding carboxylic acids is 1. The van der Waals surface area contributed by atoms with Crippen LogP contribution in [0.4, 0.5) is 5.00 Å². The molecule has 0 spiro atoms. The lowest BCUT2D eigenvalue weighted by Crippen LogP contribution is -2.20. The molecule has 30 heavy (non-hydrogen) atoms. The van der Waals surface area contributed by atoms with E-state index in [4.69, 9.17) is 15.6 Å². The van der Waals surface area contributed by atoms with Crippen LogP contribution in [0, 0.1) is 25.2 Å². The van der Waals surface area contributed by atoms with Gasteiger partial charge in [0, 0.05) is 29.9 Å². The third-order valence-electron chi connectivity index (χ3n) is 4.90. The van der Waals surface area contributed by atoms with E-state index in [0.29, 0.717) is 34.1 Å². The first kappa shape index (κ1) is 21.6. The maximum Gasteiger partial charge on any atom is 0.348 e. The molecule has 2 aromatic heterocycles. The lowest BCUT2D eigenvalue weighted by molar-refractivity contribution is 0.0530. The number of aromatic nitrogens is 2. The second-order valence-corrected chi connectivity index (χ2v) is 8.10. The first-order valence-corrected chi connectivity index (χ1v) is 10.5. The van der Waals surface area contributed by atoms with Gasteiger partial charge < -0.3 is 10.5 Å². The van der Waals surface area contributed by atoms with E-state index >= 15 is 0 Å². The van der Waals surface area contributed by atoms with Crippen molar-refractivity contribution in [2.75, 3.05) is 19.4 Å². The summed E-state index contributed by atoms with van der Waals surface area (Å²) >= 11 is 1.11. The summed E-state index contributed by atoms with van der Waals surface area (Å²) in [7, 11) is 1.95. The van der Waals surface area contributed by atoms with Crippen LogP contribution in [0.1, 0.15) is 44.7 Å². The van der Waals surface area contributed by atoms with Gasteiger partial charge in [0.15, 0.2) is 0 Å². The largest absolute Gasteiger partial charge is 0.462 e. The molecular formula is C22H25N5O2S. The zero-order valence-corrected chi connectivity index (χ0v) is 18.4. The van der Waals surface area contributed by atoms with Gasteiger partial charge in [-0.05, 0) is 40.0 Å². The molecule has 2 heterocycles. The molecule has 3 aromatic rings. The highest BCUT2D eigenvalue weighted by molar-refractivity contribution is 7.18. The number of nitrogens with two attached hydrogens (primary N) is 1. The Morgan fingerprint density at radius 1 is 1.27 bits per heavy atom. The zero-order chi connectivity index (χ0) is 21.8. The van der Waals surface area contributed by atoms with Crippen molar-refractivity contribution in [1.29, 1.82) is 5.26 Å². The Balaban J connectivity index is 1.87. The van der Waals surface area contributed by atoms with Crippen molar-refractivity contribution in [3.8, 4) is 11.8 Å². The van der Waals surface area contributed by atoms with E-state index in [2.05, 4.69) is 11.0 Å². The molecule has 0 bridgehead atoms. The van der Waals surface area contributed by atoms with Gasteiger partial charge in [0.05, 0.1) is 23.6 Å². The molecule has 0 atom stereocenters. The summed E-state index contributed by atoms with van der Waals surface area (Å²) in [6, 6.07) is 12.1. The number of thiophene rings is 1. The number of carbonyl (C=O) groups is 1. The molecule has 0 amide bonds. The molecule has 0 fully saturated rings. The number of nitriles is 1. The Hall–Kier alpha value is -3.15. The molecule has 0 saturated heterocycles. The van der Waals surface area contributed by atoms with Gasteiger partial charge in [-0.15, -0.1) is 11.3 Å². The fraction of sp³-hybridized carbons (Fsp3) is 0.318. The standard InChI is InChI=1S/C22H25N5O2S/c1-5-29-22(28)20-19(17(11-23)21(24)30-20)13-26(4)12-18-14(2)25-27(15(18)3)16-9-7-6-8-10-16/h6-10H,5,12-13,24H2,1-4H3. The number of nitrogens with zero attached hydrogens (tertiary/aromatic N) is 4. The van der Waals surface area contributed by atoms with Crippen molar-refractivity contribution in [3.05, 3.63) is 63.3 Å². The van der Waals surface area contributed by atoms with Crippen molar-refractivity contribution >= 4 is 22.3 Å². The molecule has 3 rings (SSSR count). The summed E-state index contributed by atoms with van der Waals surface area (Å²) in [5.74, 6) is -0.441. The van der Waals surface area contributed by atoms with Gasteiger partial charge in [-0.2, -0.15) is 10.4 Å². The second kappa shape index (κ2) is 9.11. The quantitative estimate of drug-likeness (QED) is 0.580. The predicted octanol–water partition coefficient (Wildman–Crippen LogP) is 3.81. The van der Waals surface area contributed by atoms with E-state index in [1.165, 1.54) is 0 Å². The van der Waals surface area contributed by atoms with Crippen LogP contribution in [0.5, 0.6) is 0 Å². The van der Waals surface area contributed by atoms with Crippen LogP contribution >= 0.6 is 11.3 Å². The normalized spacial score (nSPS) is 10.9. The van der Waals surface area contributed by atoms with Crippen LogP contribution in [-0.2, 0) is 17.8 Å². The predicted molar refractivity (Wildman–Crippen MR) is 118 cm³/mol. The summed E-state index contributed by atoms with van der Waals surface area (Å²) in [5.41, 5.74) is 11.1. The molecule has 0 unspecified atom stereocenters. The molecule has 0 aliphatic rings. The molecule has 1 aromatic carbocycles. The average molecular weight is 424 g/mol. The summed E-state index contributed by atoms with van der Waals surface area (Å²) < 4.78 is 7.08. The van der Waals surface area contributed by atoms with Gasteiger partial charge in [0.2, 0.25) is 0 Å². The number of esters is 1. The number of anilines is 1. The van der Waals surface area contributed by atoms with Crippen LogP contribution in [-0.4, -0.2) is 34.3 Å².